The van der Waals surface area contributed by atoms with Crippen LogP contribution in [-0.4, -0.2) is 162 Å². The Morgan fingerprint density at radius 3 is 1.45 bits per heavy atom. The Hall–Kier alpha value is -2.66. The summed E-state index contributed by atoms with van der Waals surface area (Å²) >= 11 is 0. The number of hydrogen-bond donors (Lipinski definition) is 8. The average Bonchev–Trinajstić information content (AvgIpc) is 3.32. The van der Waals surface area contributed by atoms with Gasteiger partial charge in [0.05, 0.1) is 61.0 Å². The van der Waals surface area contributed by atoms with Crippen molar-refractivity contribution < 1.29 is 88.3 Å². The summed E-state index contributed by atoms with van der Waals surface area (Å²) in [6, 6.07) is 0. The molecule has 0 aromatic carbocycles. The van der Waals surface area contributed by atoms with Crippen molar-refractivity contribution in [1.82, 2.24) is 0 Å². The monoisotopic (exact) mass is 1040 g/mol. The van der Waals surface area contributed by atoms with Crippen molar-refractivity contribution in [2.45, 2.75) is 238 Å². The van der Waals surface area contributed by atoms with Crippen LogP contribution in [0.2, 0.25) is 0 Å². The molecule has 0 aliphatic carbocycles. The van der Waals surface area contributed by atoms with Gasteiger partial charge in [-0.15, -0.1) is 0 Å². The van der Waals surface area contributed by atoms with Crippen molar-refractivity contribution in [3.05, 3.63) is 48.1 Å². The predicted octanol–water partition coefficient (Wildman–Crippen LogP) is 4.51. The lowest BCUT2D eigenvalue weighted by atomic mass is 9.76. The number of cyclic esters (lactones) is 2. The first-order valence-electron chi connectivity index (χ1n) is 26.8. The van der Waals surface area contributed by atoms with Crippen LogP contribution in [0.4, 0.5) is 0 Å². The molecule has 73 heavy (non-hydrogen) atoms. The molecule has 5 rings (SSSR count). The number of ether oxygens (including phenoxy) is 8. The summed E-state index contributed by atoms with van der Waals surface area (Å²) < 4.78 is 49.3. The fourth-order valence-electron chi connectivity index (χ4n) is 11.7. The van der Waals surface area contributed by atoms with Gasteiger partial charge < -0.3 is 78.7 Å². The Balaban J connectivity index is 1.31. The van der Waals surface area contributed by atoms with Gasteiger partial charge in [-0.25, -0.2) is 9.59 Å². The smallest absolute Gasteiger partial charge is 0.334 e. The van der Waals surface area contributed by atoms with E-state index in [0.717, 1.165) is 0 Å². The van der Waals surface area contributed by atoms with E-state index in [9.17, 15) is 50.4 Å². The van der Waals surface area contributed by atoms with Gasteiger partial charge in [-0.05, 0) is 47.5 Å². The Morgan fingerprint density at radius 2 is 1.04 bits per heavy atom. The highest BCUT2D eigenvalue weighted by Gasteiger charge is 2.54. The third-order valence-corrected chi connectivity index (χ3v) is 16.8. The van der Waals surface area contributed by atoms with E-state index in [2.05, 4.69) is 0 Å². The van der Waals surface area contributed by atoms with Gasteiger partial charge >= 0.3 is 11.9 Å². The quantitative estimate of drug-likeness (QED) is 0.111. The van der Waals surface area contributed by atoms with Crippen molar-refractivity contribution in [3.8, 4) is 0 Å². The number of carbonyl (C=O) groups is 2. The number of hydrogen-bond acceptors (Lipinski definition) is 18. The molecule has 18 heteroatoms. The molecule has 0 spiro atoms. The third kappa shape index (κ3) is 14.7. The molecule has 4 saturated heterocycles. The molecule has 5 aliphatic rings. The number of esters is 2. The first-order chi connectivity index (χ1) is 34.2. The van der Waals surface area contributed by atoms with Crippen LogP contribution in [0.15, 0.2) is 48.1 Å². The van der Waals surface area contributed by atoms with E-state index in [1.54, 1.807) is 92.7 Å². The van der Waals surface area contributed by atoms with Gasteiger partial charge in [0.25, 0.3) is 0 Å². The van der Waals surface area contributed by atoms with Gasteiger partial charge in [-0.1, -0.05) is 91.8 Å². The van der Waals surface area contributed by atoms with E-state index in [1.807, 2.05) is 27.7 Å². The Morgan fingerprint density at radius 1 is 0.630 bits per heavy atom. The normalized spacial score (nSPS) is 46.0. The summed E-state index contributed by atoms with van der Waals surface area (Å²) in [4.78, 5) is 27.4. The average molecular weight is 1040 g/mol. The number of aliphatic hydroxyl groups excluding tert-OH is 6. The zero-order valence-corrected chi connectivity index (χ0v) is 45.3. The molecule has 0 radical (unpaired) electrons. The van der Waals surface area contributed by atoms with E-state index >= 15 is 0 Å². The second-order valence-corrected chi connectivity index (χ2v) is 22.1. The van der Waals surface area contributed by atoms with Gasteiger partial charge in [0.1, 0.15) is 24.4 Å². The molecule has 26 atom stereocenters. The fourth-order valence-corrected chi connectivity index (χ4v) is 11.7. The van der Waals surface area contributed by atoms with Gasteiger partial charge in [0, 0.05) is 84.7 Å². The van der Waals surface area contributed by atoms with Crippen LogP contribution in [0, 0.1) is 47.3 Å². The maximum absolute atomic E-state index is 13.9. The summed E-state index contributed by atoms with van der Waals surface area (Å²) in [7, 11) is 0. The standard InChI is InChI=1S/C55H90O18/c1-14-38-34(10)72-54(64,25-42(38)68-45-23-40(56)49(61)36(12)66-45)32(8)47(59)30(6)51-28(4)20-18-21-29(5)53(63)71-52(27(3)19-16-17-22-44(58)70-51)31(7)48(60)33(9)55(65)26-43(39(15-2)35(11)73-55)69-46-24-41(57)50(62)37(13)67-46/h16-22,27-28,30-43,45-52,56-57,59-62,64-65H,14-15,23-26H2,1-13H3/b19-16+,20-18+,22-17+,29-21+/t27-,28-,30-,31-,32-,33-,34+,35+,36-,37-,38+,39+,40-,41-,42?,43+,45?,46-,47+,48+,49+,50+,51-,52-,54+,55+/m0/s1. The van der Waals surface area contributed by atoms with Crippen LogP contribution in [0.5, 0.6) is 0 Å². The van der Waals surface area contributed by atoms with E-state index in [-0.39, 0.29) is 43.1 Å². The zero-order valence-electron chi connectivity index (χ0n) is 45.3. The summed E-state index contributed by atoms with van der Waals surface area (Å²) in [5, 5.41) is 89.8. The molecule has 18 nitrogen and oxygen atoms in total. The third-order valence-electron chi connectivity index (χ3n) is 16.8. The maximum atomic E-state index is 13.9. The molecule has 0 amide bonds. The molecule has 418 valence electrons. The number of allylic oxidation sites excluding steroid dienone is 4. The number of carbonyl (C=O) groups excluding carboxylic acids is 2. The van der Waals surface area contributed by atoms with Crippen LogP contribution in [0.3, 0.4) is 0 Å². The Labute approximate surface area is 432 Å². The van der Waals surface area contributed by atoms with Crippen molar-refractivity contribution >= 4 is 11.9 Å². The van der Waals surface area contributed by atoms with E-state index in [4.69, 9.17) is 37.9 Å². The minimum Gasteiger partial charge on any atom is -0.458 e. The highest BCUT2D eigenvalue weighted by molar-refractivity contribution is 5.88. The number of rotatable bonds is 14. The van der Waals surface area contributed by atoms with Gasteiger partial charge in [-0.3, -0.25) is 0 Å². The Bertz CT molecular complexity index is 1890. The van der Waals surface area contributed by atoms with Crippen LogP contribution in [-0.2, 0) is 47.5 Å². The van der Waals surface area contributed by atoms with Gasteiger partial charge in [0.15, 0.2) is 24.2 Å². The molecule has 2 unspecified atom stereocenters. The molecule has 0 aromatic rings. The van der Waals surface area contributed by atoms with Gasteiger partial charge in [-0.2, -0.15) is 0 Å². The first kappa shape index (κ1) is 61.2. The largest absolute Gasteiger partial charge is 0.458 e. The maximum Gasteiger partial charge on any atom is 0.334 e. The van der Waals surface area contributed by atoms with Gasteiger partial charge in [0.2, 0.25) is 0 Å². The first-order valence-corrected chi connectivity index (χ1v) is 26.8. The van der Waals surface area contributed by atoms with E-state index < -0.39 is 157 Å². The minimum absolute atomic E-state index is 0.0271. The van der Waals surface area contributed by atoms with Crippen molar-refractivity contribution in [3.63, 3.8) is 0 Å². The van der Waals surface area contributed by atoms with Crippen LogP contribution in [0.25, 0.3) is 0 Å². The lowest BCUT2D eigenvalue weighted by Crippen LogP contribution is -2.59. The molecule has 4 fully saturated rings. The second-order valence-electron chi connectivity index (χ2n) is 22.1. The summed E-state index contributed by atoms with van der Waals surface area (Å²) in [5.74, 6) is -9.83. The summed E-state index contributed by atoms with van der Waals surface area (Å²) in [6.07, 6.45) is -1.42. The minimum atomic E-state index is -1.88. The highest BCUT2D eigenvalue weighted by atomic mass is 16.7. The highest BCUT2D eigenvalue weighted by Crippen LogP contribution is 2.45. The second kappa shape index (κ2) is 26.1. The lowest BCUT2D eigenvalue weighted by molar-refractivity contribution is -0.345. The van der Waals surface area contributed by atoms with Crippen LogP contribution in [0.1, 0.15) is 129 Å². The van der Waals surface area contributed by atoms with Crippen molar-refractivity contribution in [2.24, 2.45) is 47.3 Å². The number of aliphatic hydroxyl groups is 8. The molecule has 5 heterocycles. The lowest BCUT2D eigenvalue weighted by Gasteiger charge is -2.50. The molecule has 0 saturated carbocycles. The Kier molecular flexibility index (Phi) is 21.9. The predicted molar refractivity (Wildman–Crippen MR) is 267 cm³/mol. The zero-order chi connectivity index (χ0) is 54.4. The molecule has 8 N–H and O–H groups in total. The van der Waals surface area contributed by atoms with E-state index in [0.29, 0.717) is 12.8 Å². The SMILES string of the molecule is CC[C@@H]1[C@@H](C)O[C@@](O)([C@@H](C)[C@H](O)[C@H](C)[C@H]2OC(=O)/C(C)=C/C=C/[C@H](C)[C@@H]([C@@H](C)[C@@H](O)[C@H](C)[C@@]3(O)CC(OC4C[C@H](O)[C@H](O)[C@H](C)O4)[C@H](CC)[C@@H](C)O3)OC(=O)/C=C/C=C/[C@@H]2C)C[C@H]1O[C@H]1C[C@H](O)[C@H](O)[C@H](C)O1. The molecular weight excluding hydrogens is 949 g/mol. The topological polar surface area (TPSA) is 270 Å². The molecular formula is C55H90O18. The van der Waals surface area contributed by atoms with Crippen molar-refractivity contribution in [1.29, 1.82) is 0 Å². The van der Waals surface area contributed by atoms with Crippen LogP contribution < -0.4 is 0 Å². The fraction of sp³-hybridized carbons (Fsp3) is 0.818. The van der Waals surface area contributed by atoms with E-state index in [1.165, 1.54) is 12.2 Å². The van der Waals surface area contributed by atoms with Crippen LogP contribution >= 0.6 is 0 Å². The molecule has 5 aliphatic heterocycles. The molecule has 0 bridgehead atoms. The summed E-state index contributed by atoms with van der Waals surface area (Å²) in [5.41, 5.74) is 0.235. The van der Waals surface area contributed by atoms with Crippen molar-refractivity contribution in [2.75, 3.05) is 0 Å². The summed E-state index contributed by atoms with van der Waals surface area (Å²) in [6.45, 7) is 22.9. The molecule has 0 aromatic heterocycles.